The third-order valence-corrected chi connectivity index (χ3v) is 4.40. The molecule has 1 saturated heterocycles. The molecule has 0 saturated carbocycles. The minimum atomic E-state index is -0.380. The first-order valence-corrected chi connectivity index (χ1v) is 7.48. The lowest BCUT2D eigenvalue weighted by Gasteiger charge is -2.41. The molecule has 2 unspecified atom stereocenters. The number of ether oxygens (including phenoxy) is 1. The second-order valence-corrected chi connectivity index (χ2v) is 5.96. The summed E-state index contributed by atoms with van der Waals surface area (Å²) in [5, 5.41) is -0.380. The van der Waals surface area contributed by atoms with E-state index in [0.29, 0.717) is 11.5 Å². The Kier molecular flexibility index (Phi) is 4.88. The first kappa shape index (κ1) is 15.8. The summed E-state index contributed by atoms with van der Waals surface area (Å²) in [6.45, 7) is 4.04. The topological polar surface area (TPSA) is 46.6 Å². The molecule has 1 aromatic rings. The number of hydrogen-bond donors (Lipinski definition) is 0. The van der Waals surface area contributed by atoms with E-state index in [1.807, 2.05) is 26.0 Å². The van der Waals surface area contributed by atoms with E-state index in [0.717, 1.165) is 12.8 Å². The van der Waals surface area contributed by atoms with E-state index in [9.17, 15) is 9.59 Å². The van der Waals surface area contributed by atoms with Gasteiger partial charge in [-0.2, -0.15) is 0 Å². The van der Waals surface area contributed by atoms with Crippen LogP contribution in [0.4, 0.5) is 4.79 Å². The van der Waals surface area contributed by atoms with Crippen LogP contribution >= 0.6 is 11.6 Å². The maximum atomic E-state index is 11.5. The molecule has 1 heterocycles. The second-order valence-electron chi connectivity index (χ2n) is 5.64. The van der Waals surface area contributed by atoms with Gasteiger partial charge in [-0.3, -0.25) is 4.79 Å². The van der Waals surface area contributed by atoms with Crippen LogP contribution in [0.3, 0.4) is 0 Å². The van der Waals surface area contributed by atoms with Gasteiger partial charge in [0.05, 0.1) is 12.7 Å². The summed E-state index contributed by atoms with van der Waals surface area (Å²) in [4.78, 5) is 24.6. The molecule has 5 heteroatoms. The smallest absolute Gasteiger partial charge is 0.337 e. The molecular formula is C16H20ClNO3. The minimum absolute atomic E-state index is 0.115. The van der Waals surface area contributed by atoms with Crippen molar-refractivity contribution in [2.45, 2.75) is 44.7 Å². The van der Waals surface area contributed by atoms with Crippen LogP contribution in [0.15, 0.2) is 24.3 Å². The number of methoxy groups -OCH3 is 1. The van der Waals surface area contributed by atoms with E-state index in [-0.39, 0.29) is 23.4 Å². The lowest BCUT2D eigenvalue weighted by Crippen LogP contribution is -2.47. The molecule has 0 aliphatic carbocycles. The van der Waals surface area contributed by atoms with Crippen molar-refractivity contribution in [3.63, 3.8) is 0 Å². The number of carbonyl (C=O) groups is 2. The SMILES string of the molecule is COC(=O)c1ccc(C2CC(C)N(C(=O)Cl)C(C)C2)cc1. The number of halogens is 1. The first-order valence-electron chi connectivity index (χ1n) is 7.10. The molecule has 4 nitrogen and oxygen atoms in total. The van der Waals surface area contributed by atoms with Gasteiger partial charge in [0.1, 0.15) is 0 Å². The number of amides is 1. The average Bonchev–Trinajstić information content (AvgIpc) is 2.45. The van der Waals surface area contributed by atoms with Crippen LogP contribution in [0.5, 0.6) is 0 Å². The van der Waals surface area contributed by atoms with Crippen LogP contribution in [0.25, 0.3) is 0 Å². The zero-order chi connectivity index (χ0) is 15.6. The maximum absolute atomic E-state index is 11.5. The summed E-state index contributed by atoms with van der Waals surface area (Å²) in [5.74, 6) is 0.0415. The monoisotopic (exact) mass is 309 g/mol. The van der Waals surface area contributed by atoms with Gasteiger partial charge >= 0.3 is 11.3 Å². The van der Waals surface area contributed by atoms with Crippen LogP contribution in [0, 0.1) is 0 Å². The number of hydrogen-bond acceptors (Lipinski definition) is 3. The van der Waals surface area contributed by atoms with Crippen molar-refractivity contribution in [3.05, 3.63) is 35.4 Å². The maximum Gasteiger partial charge on any atom is 0.337 e. The lowest BCUT2D eigenvalue weighted by atomic mass is 9.82. The minimum Gasteiger partial charge on any atom is -0.465 e. The Labute approximate surface area is 130 Å². The first-order chi connectivity index (χ1) is 9.93. The normalized spacial score (nSPS) is 25.5. The molecule has 2 atom stereocenters. The Hall–Kier alpha value is -1.55. The van der Waals surface area contributed by atoms with E-state index in [2.05, 4.69) is 0 Å². The molecule has 1 aliphatic rings. The predicted octanol–water partition coefficient (Wildman–Crippen LogP) is 3.79. The third kappa shape index (κ3) is 3.38. The lowest BCUT2D eigenvalue weighted by molar-refractivity contribution is 0.0600. The molecule has 2 rings (SSSR count). The average molecular weight is 310 g/mol. The van der Waals surface area contributed by atoms with Gasteiger partial charge in [-0.15, -0.1) is 0 Å². The highest BCUT2D eigenvalue weighted by molar-refractivity contribution is 6.62. The Morgan fingerprint density at radius 3 is 2.10 bits per heavy atom. The zero-order valence-electron chi connectivity index (χ0n) is 12.5. The van der Waals surface area contributed by atoms with Gasteiger partial charge in [-0.05, 0) is 61.9 Å². The fourth-order valence-corrected chi connectivity index (χ4v) is 3.54. The molecule has 0 N–H and O–H groups in total. The highest BCUT2D eigenvalue weighted by atomic mass is 35.5. The Bertz CT molecular complexity index is 517. The summed E-state index contributed by atoms with van der Waals surface area (Å²) in [7, 11) is 1.37. The van der Waals surface area contributed by atoms with Crippen LogP contribution < -0.4 is 0 Å². The fourth-order valence-electron chi connectivity index (χ4n) is 3.21. The van der Waals surface area contributed by atoms with Crippen molar-refractivity contribution >= 4 is 22.9 Å². The van der Waals surface area contributed by atoms with Gasteiger partial charge in [-0.25, -0.2) is 4.79 Å². The van der Waals surface area contributed by atoms with Crippen molar-refractivity contribution in [1.82, 2.24) is 4.90 Å². The molecule has 114 valence electrons. The Morgan fingerprint density at radius 1 is 1.14 bits per heavy atom. The largest absolute Gasteiger partial charge is 0.465 e. The molecule has 21 heavy (non-hydrogen) atoms. The van der Waals surface area contributed by atoms with E-state index in [4.69, 9.17) is 16.3 Å². The van der Waals surface area contributed by atoms with E-state index >= 15 is 0 Å². The van der Waals surface area contributed by atoms with Crippen molar-refractivity contribution in [2.24, 2.45) is 0 Å². The molecule has 1 aliphatic heterocycles. The van der Waals surface area contributed by atoms with Crippen molar-refractivity contribution in [3.8, 4) is 0 Å². The Morgan fingerprint density at radius 2 is 1.67 bits per heavy atom. The quantitative estimate of drug-likeness (QED) is 0.474. The number of nitrogens with zero attached hydrogens (tertiary/aromatic N) is 1. The van der Waals surface area contributed by atoms with E-state index in [1.54, 1.807) is 17.0 Å². The standard InChI is InChI=1S/C16H20ClNO3/c1-10-8-14(9-11(2)18(10)16(17)20)12-4-6-13(7-5-12)15(19)21-3/h4-7,10-11,14H,8-9H2,1-3H3. The van der Waals surface area contributed by atoms with Gasteiger partial charge in [-0.1, -0.05) is 12.1 Å². The zero-order valence-corrected chi connectivity index (χ0v) is 13.3. The summed E-state index contributed by atoms with van der Waals surface area (Å²) < 4.78 is 4.70. The summed E-state index contributed by atoms with van der Waals surface area (Å²) >= 11 is 5.65. The Balaban J connectivity index is 2.13. The van der Waals surface area contributed by atoms with Crippen molar-refractivity contribution < 1.29 is 14.3 Å². The van der Waals surface area contributed by atoms with Gasteiger partial charge in [0, 0.05) is 12.1 Å². The fraction of sp³-hybridized carbons (Fsp3) is 0.500. The van der Waals surface area contributed by atoms with E-state index < -0.39 is 0 Å². The molecule has 0 bridgehead atoms. The third-order valence-electron chi connectivity index (χ3n) is 4.21. The van der Waals surface area contributed by atoms with Crippen LogP contribution in [-0.4, -0.2) is 35.4 Å². The number of likely N-dealkylation sites (tertiary alicyclic amines) is 1. The summed E-state index contributed by atoms with van der Waals surface area (Å²) in [6.07, 6.45) is 1.75. The number of esters is 1. The van der Waals surface area contributed by atoms with Crippen LogP contribution in [-0.2, 0) is 4.74 Å². The van der Waals surface area contributed by atoms with E-state index in [1.165, 1.54) is 12.7 Å². The van der Waals surface area contributed by atoms with Crippen molar-refractivity contribution in [2.75, 3.05) is 7.11 Å². The van der Waals surface area contributed by atoms with Crippen molar-refractivity contribution in [1.29, 1.82) is 0 Å². The highest BCUT2D eigenvalue weighted by Gasteiger charge is 2.33. The molecule has 0 spiro atoms. The number of benzene rings is 1. The molecule has 0 aromatic heterocycles. The summed E-state index contributed by atoms with van der Waals surface area (Å²) in [5.41, 5.74) is 1.73. The highest BCUT2D eigenvalue weighted by Crippen LogP contribution is 2.35. The van der Waals surface area contributed by atoms with Gasteiger partial charge in [0.15, 0.2) is 0 Å². The number of carbonyl (C=O) groups excluding carboxylic acids is 2. The van der Waals surface area contributed by atoms with Crippen LogP contribution in [0.1, 0.15) is 48.5 Å². The van der Waals surface area contributed by atoms with Gasteiger partial charge < -0.3 is 9.64 Å². The molecule has 1 amide bonds. The van der Waals surface area contributed by atoms with Crippen LogP contribution in [0.2, 0.25) is 0 Å². The predicted molar refractivity (Wildman–Crippen MR) is 81.8 cm³/mol. The summed E-state index contributed by atoms with van der Waals surface area (Å²) in [6, 6.07) is 7.74. The molecule has 1 fully saturated rings. The molecule has 1 aromatic carbocycles. The molecular weight excluding hydrogens is 290 g/mol. The number of rotatable bonds is 2. The second kappa shape index (κ2) is 6.48. The molecule has 0 radical (unpaired) electrons. The van der Waals surface area contributed by atoms with Gasteiger partial charge in [0.2, 0.25) is 0 Å². The van der Waals surface area contributed by atoms with Gasteiger partial charge in [0.25, 0.3) is 0 Å². The number of piperidine rings is 1.